The lowest BCUT2D eigenvalue weighted by Gasteiger charge is -2.39. The fraction of sp³-hybridized carbons (Fsp3) is 0.632. The Morgan fingerprint density at radius 1 is 1.27 bits per heavy atom. The van der Waals surface area contributed by atoms with E-state index in [4.69, 9.17) is 4.74 Å². The molecule has 22 heavy (non-hydrogen) atoms. The number of methoxy groups -OCH3 is 1. The van der Waals surface area contributed by atoms with Crippen LogP contribution in [0.2, 0.25) is 0 Å². The number of carbonyl (C=O) groups excluding carboxylic acids is 1. The summed E-state index contributed by atoms with van der Waals surface area (Å²) in [5.41, 5.74) is 1.41. The van der Waals surface area contributed by atoms with E-state index >= 15 is 0 Å². The summed E-state index contributed by atoms with van der Waals surface area (Å²) in [6.45, 7) is 7.07. The molecule has 0 saturated heterocycles. The average molecular weight is 301 g/mol. The summed E-state index contributed by atoms with van der Waals surface area (Å²) in [4.78, 5) is 12.7. The van der Waals surface area contributed by atoms with Gasteiger partial charge in [-0.25, -0.2) is 0 Å². The van der Waals surface area contributed by atoms with Gasteiger partial charge in [0, 0.05) is 13.2 Å². The fourth-order valence-corrected chi connectivity index (χ4v) is 4.69. The first-order valence-electron chi connectivity index (χ1n) is 8.28. The van der Waals surface area contributed by atoms with E-state index in [2.05, 4.69) is 26.1 Å². The normalized spacial score (nSPS) is 33.6. The number of benzene rings is 1. The third kappa shape index (κ3) is 2.18. The molecule has 1 amide bonds. The molecule has 3 nitrogen and oxygen atoms in total. The summed E-state index contributed by atoms with van der Waals surface area (Å²) in [6.07, 6.45) is 3.08. The summed E-state index contributed by atoms with van der Waals surface area (Å²) in [5.74, 6) is 0.712. The van der Waals surface area contributed by atoms with Gasteiger partial charge in [-0.15, -0.1) is 0 Å². The van der Waals surface area contributed by atoms with E-state index in [0.29, 0.717) is 5.41 Å². The number of hydrogen-bond acceptors (Lipinski definition) is 2. The Hall–Kier alpha value is -1.35. The minimum atomic E-state index is -0.521. The van der Waals surface area contributed by atoms with Crippen molar-refractivity contribution < 1.29 is 9.53 Å². The number of fused-ring (bicyclic) bond motifs is 2. The van der Waals surface area contributed by atoms with Gasteiger partial charge in [0.25, 0.3) is 5.91 Å². The second-order valence-electron chi connectivity index (χ2n) is 7.70. The topological polar surface area (TPSA) is 38.3 Å². The number of nitrogens with one attached hydrogen (secondary N) is 1. The second-order valence-corrected chi connectivity index (χ2v) is 7.70. The quantitative estimate of drug-likeness (QED) is 0.920. The Kier molecular flexibility index (Phi) is 3.80. The van der Waals surface area contributed by atoms with Crippen molar-refractivity contribution in [3.63, 3.8) is 0 Å². The SMILES string of the molecule is CO[C@@H](C(=O)N[C@H]1C[C@H]2CC[C@]1(C)C2(C)C)c1ccccc1. The standard InChI is InChI=1S/C19H27NO2/c1-18(2)14-10-11-19(18,3)15(12-14)20-17(21)16(22-4)13-8-6-5-7-9-13/h5-9,14-16H,10-12H2,1-4H3,(H,20,21)/t14-,15+,16-,19+/m1/s1. The Morgan fingerprint density at radius 2 is 1.95 bits per heavy atom. The van der Waals surface area contributed by atoms with Gasteiger partial charge in [0.1, 0.15) is 0 Å². The van der Waals surface area contributed by atoms with Crippen LogP contribution in [0.5, 0.6) is 0 Å². The summed E-state index contributed by atoms with van der Waals surface area (Å²) < 4.78 is 5.46. The number of hydrogen-bond donors (Lipinski definition) is 1. The number of ether oxygens (including phenoxy) is 1. The van der Waals surface area contributed by atoms with Crippen LogP contribution in [0.4, 0.5) is 0 Å². The maximum atomic E-state index is 12.7. The first-order chi connectivity index (χ1) is 10.4. The maximum absolute atomic E-state index is 12.7. The van der Waals surface area contributed by atoms with Gasteiger partial charge in [-0.1, -0.05) is 51.1 Å². The maximum Gasteiger partial charge on any atom is 0.253 e. The summed E-state index contributed by atoms with van der Waals surface area (Å²) in [6, 6.07) is 9.98. The zero-order valence-corrected chi connectivity index (χ0v) is 14.1. The number of carbonyl (C=O) groups is 1. The lowest BCUT2D eigenvalue weighted by molar-refractivity contribution is -0.133. The zero-order chi connectivity index (χ0) is 16.0. The van der Waals surface area contributed by atoms with Crippen LogP contribution in [-0.2, 0) is 9.53 Å². The van der Waals surface area contributed by atoms with Crippen molar-refractivity contribution in [2.75, 3.05) is 7.11 Å². The van der Waals surface area contributed by atoms with Gasteiger partial charge in [0.15, 0.2) is 6.10 Å². The lowest BCUT2D eigenvalue weighted by Crippen LogP contribution is -2.48. The van der Waals surface area contributed by atoms with E-state index < -0.39 is 6.10 Å². The minimum Gasteiger partial charge on any atom is -0.367 e. The predicted octanol–water partition coefficient (Wildman–Crippen LogP) is 3.71. The van der Waals surface area contributed by atoms with Crippen molar-refractivity contribution in [1.82, 2.24) is 5.32 Å². The molecule has 1 aromatic carbocycles. The van der Waals surface area contributed by atoms with E-state index in [9.17, 15) is 4.79 Å². The largest absolute Gasteiger partial charge is 0.367 e. The molecular formula is C19H27NO2. The third-order valence-electron chi connectivity index (χ3n) is 6.69. The molecule has 3 heteroatoms. The highest BCUT2D eigenvalue weighted by Crippen LogP contribution is 2.65. The third-order valence-corrected chi connectivity index (χ3v) is 6.69. The molecule has 0 radical (unpaired) electrons. The summed E-state index contributed by atoms with van der Waals surface area (Å²) >= 11 is 0. The van der Waals surface area contributed by atoms with Crippen LogP contribution in [0, 0.1) is 16.7 Å². The van der Waals surface area contributed by atoms with Crippen molar-refractivity contribution in [3.8, 4) is 0 Å². The van der Waals surface area contributed by atoms with E-state index in [1.54, 1.807) is 7.11 Å². The van der Waals surface area contributed by atoms with E-state index in [-0.39, 0.29) is 17.4 Å². The Balaban J connectivity index is 1.75. The van der Waals surface area contributed by atoms with Crippen molar-refractivity contribution in [2.24, 2.45) is 16.7 Å². The molecule has 2 saturated carbocycles. The van der Waals surface area contributed by atoms with Crippen LogP contribution in [0.3, 0.4) is 0 Å². The molecule has 2 fully saturated rings. The zero-order valence-electron chi connectivity index (χ0n) is 14.1. The van der Waals surface area contributed by atoms with Crippen LogP contribution in [0.25, 0.3) is 0 Å². The Morgan fingerprint density at radius 3 is 2.45 bits per heavy atom. The molecule has 2 aliphatic carbocycles. The monoisotopic (exact) mass is 301 g/mol. The Bertz CT molecular complexity index is 554. The molecule has 0 heterocycles. The molecule has 0 spiro atoms. The molecule has 0 aromatic heterocycles. The molecule has 1 aromatic rings. The average Bonchev–Trinajstić information content (AvgIpc) is 2.82. The van der Waals surface area contributed by atoms with Crippen LogP contribution in [0.15, 0.2) is 30.3 Å². The highest BCUT2D eigenvalue weighted by atomic mass is 16.5. The smallest absolute Gasteiger partial charge is 0.253 e. The van der Waals surface area contributed by atoms with E-state index in [0.717, 1.165) is 17.9 Å². The Labute approximate surface area is 133 Å². The molecular weight excluding hydrogens is 274 g/mol. The van der Waals surface area contributed by atoms with Gasteiger partial charge >= 0.3 is 0 Å². The van der Waals surface area contributed by atoms with Crippen LogP contribution in [-0.4, -0.2) is 19.1 Å². The van der Waals surface area contributed by atoms with E-state index in [1.165, 1.54) is 12.8 Å². The molecule has 2 aliphatic rings. The molecule has 120 valence electrons. The van der Waals surface area contributed by atoms with Crippen LogP contribution in [0.1, 0.15) is 51.7 Å². The van der Waals surface area contributed by atoms with Crippen LogP contribution < -0.4 is 5.32 Å². The second kappa shape index (κ2) is 5.38. The highest BCUT2D eigenvalue weighted by molar-refractivity contribution is 5.82. The lowest BCUT2D eigenvalue weighted by atomic mass is 9.69. The van der Waals surface area contributed by atoms with Crippen LogP contribution >= 0.6 is 0 Å². The van der Waals surface area contributed by atoms with Gasteiger partial charge in [-0.3, -0.25) is 4.79 Å². The highest BCUT2D eigenvalue weighted by Gasteiger charge is 2.61. The van der Waals surface area contributed by atoms with Gasteiger partial charge in [0.2, 0.25) is 0 Å². The van der Waals surface area contributed by atoms with Crippen molar-refractivity contribution in [1.29, 1.82) is 0 Å². The fourth-order valence-electron chi connectivity index (χ4n) is 4.69. The molecule has 0 aliphatic heterocycles. The van der Waals surface area contributed by atoms with Crippen molar-refractivity contribution in [3.05, 3.63) is 35.9 Å². The summed E-state index contributed by atoms with van der Waals surface area (Å²) in [7, 11) is 1.60. The minimum absolute atomic E-state index is 0.0109. The molecule has 3 rings (SSSR count). The van der Waals surface area contributed by atoms with Gasteiger partial charge < -0.3 is 10.1 Å². The molecule has 1 N–H and O–H groups in total. The first kappa shape index (κ1) is 15.5. The van der Waals surface area contributed by atoms with Crippen molar-refractivity contribution >= 4 is 5.91 Å². The van der Waals surface area contributed by atoms with Crippen molar-refractivity contribution in [2.45, 2.75) is 52.2 Å². The molecule has 2 bridgehead atoms. The van der Waals surface area contributed by atoms with E-state index in [1.807, 2.05) is 30.3 Å². The first-order valence-corrected chi connectivity index (χ1v) is 8.28. The van der Waals surface area contributed by atoms with Gasteiger partial charge in [0.05, 0.1) is 0 Å². The summed E-state index contributed by atoms with van der Waals surface area (Å²) in [5, 5.41) is 3.29. The number of rotatable bonds is 4. The molecule has 4 atom stereocenters. The number of amides is 1. The molecule has 0 unspecified atom stereocenters. The van der Waals surface area contributed by atoms with Gasteiger partial charge in [-0.2, -0.15) is 0 Å². The predicted molar refractivity (Wildman–Crippen MR) is 87.4 cm³/mol. The van der Waals surface area contributed by atoms with Gasteiger partial charge in [-0.05, 0) is 41.6 Å².